The molecule has 0 fully saturated rings. The molecule has 0 bridgehead atoms. The number of Topliss-reactive ketones (excluding diaryl/α,β-unsaturated/α-hetero) is 1. The Morgan fingerprint density at radius 1 is 1.39 bits per heavy atom. The fraction of sp³-hybridized carbons (Fsp3) is 0.125. The number of carbonyl (C=O) groups is 1. The quantitative estimate of drug-likeness (QED) is 0.733. The Labute approximate surface area is 136 Å². The van der Waals surface area contributed by atoms with E-state index in [0.29, 0.717) is 21.9 Å². The van der Waals surface area contributed by atoms with Crippen molar-refractivity contribution >= 4 is 28.7 Å². The first-order valence-electron chi connectivity index (χ1n) is 7.10. The zero-order chi connectivity index (χ0) is 16.0. The molecule has 23 heavy (non-hydrogen) atoms. The number of carbonyl (C=O) groups excluding carboxylic acids is 1. The number of anilines is 1. The van der Waals surface area contributed by atoms with E-state index in [0.717, 1.165) is 11.4 Å². The minimum atomic E-state index is -0.150. The summed E-state index contributed by atoms with van der Waals surface area (Å²) in [6.07, 6.45) is 6.59. The van der Waals surface area contributed by atoms with Gasteiger partial charge < -0.3 is 5.32 Å². The van der Waals surface area contributed by atoms with Crippen molar-refractivity contribution in [3.05, 3.63) is 65.0 Å². The second-order valence-corrected chi connectivity index (χ2v) is 5.77. The van der Waals surface area contributed by atoms with Crippen LogP contribution in [0.4, 0.5) is 5.69 Å². The summed E-state index contributed by atoms with van der Waals surface area (Å²) in [5.74, 6) is -0.260. The monoisotopic (exact) mass is 325 g/mol. The lowest BCUT2D eigenvalue weighted by Gasteiger charge is -2.22. The van der Waals surface area contributed by atoms with Gasteiger partial charge in [-0.25, -0.2) is 9.50 Å². The van der Waals surface area contributed by atoms with Gasteiger partial charge in [-0.3, -0.25) is 9.78 Å². The summed E-state index contributed by atoms with van der Waals surface area (Å²) < 4.78 is 1.50. The first-order chi connectivity index (χ1) is 11.1. The van der Waals surface area contributed by atoms with Crippen LogP contribution in [-0.2, 0) is 0 Å². The number of fused-ring (bicyclic) bond motifs is 2. The summed E-state index contributed by atoms with van der Waals surface area (Å²) in [6, 6.07) is 5.45. The second-order valence-electron chi connectivity index (χ2n) is 5.34. The van der Waals surface area contributed by atoms with Gasteiger partial charge in [0.05, 0.1) is 22.6 Å². The van der Waals surface area contributed by atoms with Crippen LogP contribution in [0.1, 0.15) is 29.0 Å². The molecule has 0 saturated carbocycles. The molecule has 1 atom stereocenters. The van der Waals surface area contributed by atoms with Crippen LogP contribution in [0.15, 0.2) is 48.6 Å². The highest BCUT2D eigenvalue weighted by molar-refractivity contribution is 6.30. The Kier molecular flexibility index (Phi) is 3.12. The molecule has 7 heteroatoms. The van der Waals surface area contributed by atoms with Gasteiger partial charge in [0.15, 0.2) is 5.65 Å². The molecule has 4 heterocycles. The number of halogens is 1. The number of aromatic nitrogens is 4. The SMILES string of the molecule is CC1C(C(=O)c2cc3ncc(Cl)cn3n2)=CNc2cccnc21. The van der Waals surface area contributed by atoms with Crippen molar-refractivity contribution in [1.29, 1.82) is 0 Å². The zero-order valence-corrected chi connectivity index (χ0v) is 12.9. The number of pyridine rings is 1. The fourth-order valence-electron chi connectivity index (χ4n) is 2.69. The Balaban J connectivity index is 1.72. The minimum Gasteiger partial charge on any atom is -0.360 e. The van der Waals surface area contributed by atoms with E-state index >= 15 is 0 Å². The van der Waals surface area contributed by atoms with Crippen molar-refractivity contribution in [3.8, 4) is 0 Å². The summed E-state index contributed by atoms with van der Waals surface area (Å²) in [6.45, 7) is 1.96. The lowest BCUT2D eigenvalue weighted by Crippen LogP contribution is -2.18. The largest absolute Gasteiger partial charge is 0.360 e. The average molecular weight is 326 g/mol. The summed E-state index contributed by atoms with van der Waals surface area (Å²) in [4.78, 5) is 21.3. The van der Waals surface area contributed by atoms with Gasteiger partial charge in [0, 0.05) is 36.2 Å². The van der Waals surface area contributed by atoms with E-state index in [-0.39, 0.29) is 11.7 Å². The van der Waals surface area contributed by atoms with Crippen LogP contribution < -0.4 is 5.32 Å². The number of nitrogens with zero attached hydrogens (tertiary/aromatic N) is 4. The normalized spacial score (nSPS) is 16.6. The third-order valence-electron chi connectivity index (χ3n) is 3.87. The van der Waals surface area contributed by atoms with Crippen molar-refractivity contribution < 1.29 is 4.79 Å². The van der Waals surface area contributed by atoms with Crippen LogP contribution in [0, 0.1) is 0 Å². The standard InChI is InChI=1S/C16H12ClN5O/c1-9-11(7-19-12-3-2-4-18-15(9)12)16(23)13-5-14-20-6-10(17)8-22(14)21-13/h2-9,19H,1H3. The molecule has 0 amide bonds. The van der Waals surface area contributed by atoms with Gasteiger partial charge in [-0.2, -0.15) is 5.10 Å². The number of allylic oxidation sites excluding steroid dienone is 1. The lowest BCUT2D eigenvalue weighted by atomic mass is 9.90. The van der Waals surface area contributed by atoms with Gasteiger partial charge in [0.1, 0.15) is 5.69 Å². The van der Waals surface area contributed by atoms with E-state index in [2.05, 4.69) is 20.4 Å². The minimum absolute atomic E-state index is 0.110. The van der Waals surface area contributed by atoms with Gasteiger partial charge >= 0.3 is 0 Å². The maximum absolute atomic E-state index is 12.8. The Hall–Kier alpha value is -2.73. The van der Waals surface area contributed by atoms with Crippen molar-refractivity contribution in [2.45, 2.75) is 12.8 Å². The van der Waals surface area contributed by atoms with E-state index in [1.54, 1.807) is 24.7 Å². The highest BCUT2D eigenvalue weighted by Gasteiger charge is 2.27. The van der Waals surface area contributed by atoms with Crippen molar-refractivity contribution in [2.24, 2.45) is 0 Å². The highest BCUT2D eigenvalue weighted by atomic mass is 35.5. The van der Waals surface area contributed by atoms with E-state index in [9.17, 15) is 4.79 Å². The molecular formula is C16H12ClN5O. The summed E-state index contributed by atoms with van der Waals surface area (Å²) in [5.41, 5.74) is 3.29. The zero-order valence-electron chi connectivity index (χ0n) is 12.2. The molecule has 1 aliphatic heterocycles. The third kappa shape index (κ3) is 2.27. The Bertz CT molecular complexity index is 962. The third-order valence-corrected chi connectivity index (χ3v) is 4.07. The molecule has 0 aliphatic carbocycles. The number of rotatable bonds is 2. The molecule has 4 rings (SSSR count). The summed E-state index contributed by atoms with van der Waals surface area (Å²) in [7, 11) is 0. The molecule has 0 spiro atoms. The van der Waals surface area contributed by atoms with Crippen LogP contribution in [-0.4, -0.2) is 25.4 Å². The fourth-order valence-corrected chi connectivity index (χ4v) is 2.83. The first kappa shape index (κ1) is 13.9. The summed E-state index contributed by atoms with van der Waals surface area (Å²) in [5, 5.41) is 7.85. The van der Waals surface area contributed by atoms with Crippen LogP contribution in [0.5, 0.6) is 0 Å². The molecule has 114 valence electrons. The van der Waals surface area contributed by atoms with Crippen molar-refractivity contribution in [1.82, 2.24) is 19.6 Å². The summed E-state index contributed by atoms with van der Waals surface area (Å²) >= 11 is 5.90. The van der Waals surface area contributed by atoms with Gasteiger partial charge in [-0.15, -0.1) is 0 Å². The molecule has 0 saturated heterocycles. The lowest BCUT2D eigenvalue weighted by molar-refractivity contribution is 0.102. The predicted molar refractivity (Wildman–Crippen MR) is 86.7 cm³/mol. The van der Waals surface area contributed by atoms with Crippen LogP contribution >= 0.6 is 11.6 Å². The van der Waals surface area contributed by atoms with Gasteiger partial charge in [0.25, 0.3) is 0 Å². The Morgan fingerprint density at radius 3 is 3.13 bits per heavy atom. The van der Waals surface area contributed by atoms with E-state index in [4.69, 9.17) is 11.6 Å². The maximum Gasteiger partial charge on any atom is 0.211 e. The molecule has 1 N–H and O–H groups in total. The molecule has 0 aromatic carbocycles. The number of ketones is 1. The van der Waals surface area contributed by atoms with E-state index in [1.165, 1.54) is 10.7 Å². The van der Waals surface area contributed by atoms with Gasteiger partial charge in [-0.05, 0) is 12.1 Å². The van der Waals surface area contributed by atoms with E-state index in [1.807, 2.05) is 19.1 Å². The average Bonchev–Trinajstić information content (AvgIpc) is 2.98. The second kappa shape index (κ2) is 5.17. The number of nitrogens with one attached hydrogen (secondary N) is 1. The number of hydrogen-bond donors (Lipinski definition) is 1. The van der Waals surface area contributed by atoms with Gasteiger partial charge in [0.2, 0.25) is 5.78 Å². The van der Waals surface area contributed by atoms with Crippen LogP contribution in [0.25, 0.3) is 5.65 Å². The molecule has 1 aliphatic rings. The van der Waals surface area contributed by atoms with Crippen molar-refractivity contribution in [3.63, 3.8) is 0 Å². The molecular weight excluding hydrogens is 314 g/mol. The first-order valence-corrected chi connectivity index (χ1v) is 7.48. The van der Waals surface area contributed by atoms with E-state index < -0.39 is 0 Å². The molecule has 0 radical (unpaired) electrons. The Morgan fingerprint density at radius 2 is 2.26 bits per heavy atom. The highest BCUT2D eigenvalue weighted by Crippen LogP contribution is 2.33. The van der Waals surface area contributed by atoms with Crippen molar-refractivity contribution in [2.75, 3.05) is 5.32 Å². The molecule has 3 aromatic heterocycles. The van der Waals surface area contributed by atoms with Gasteiger partial charge in [-0.1, -0.05) is 18.5 Å². The maximum atomic E-state index is 12.8. The molecule has 1 unspecified atom stereocenters. The molecule has 3 aromatic rings. The smallest absolute Gasteiger partial charge is 0.211 e. The molecule has 6 nitrogen and oxygen atoms in total. The van der Waals surface area contributed by atoms with Crippen LogP contribution in [0.3, 0.4) is 0 Å². The topological polar surface area (TPSA) is 72.2 Å². The number of hydrogen-bond acceptors (Lipinski definition) is 5. The van der Waals surface area contributed by atoms with Crippen LogP contribution in [0.2, 0.25) is 5.02 Å². The predicted octanol–water partition coefficient (Wildman–Crippen LogP) is 3.07.